The Morgan fingerprint density at radius 1 is 1.40 bits per heavy atom. The van der Waals surface area contributed by atoms with Crippen LogP contribution < -0.4 is 5.32 Å². The maximum absolute atomic E-state index is 12.0. The Balaban J connectivity index is 1.89. The quantitative estimate of drug-likeness (QED) is 0.810. The van der Waals surface area contributed by atoms with Crippen LogP contribution >= 0.6 is 11.3 Å². The summed E-state index contributed by atoms with van der Waals surface area (Å²) in [6.45, 7) is 1.34. The molecule has 0 radical (unpaired) electrons. The average Bonchev–Trinajstić information content (AvgIpc) is 2.86. The predicted molar refractivity (Wildman–Crippen MR) is 76.4 cm³/mol. The normalized spacial score (nSPS) is 16.4. The van der Waals surface area contributed by atoms with Crippen molar-refractivity contribution >= 4 is 23.2 Å². The summed E-state index contributed by atoms with van der Waals surface area (Å²) in [5, 5.41) is 11.8. The highest BCUT2D eigenvalue weighted by atomic mass is 32.1. The Morgan fingerprint density at radius 3 is 2.60 bits per heavy atom. The van der Waals surface area contributed by atoms with E-state index in [1.54, 1.807) is 13.2 Å². The Kier molecular flexibility index (Phi) is 4.77. The lowest BCUT2D eigenvalue weighted by Gasteiger charge is -2.42. The molecule has 0 aromatic carbocycles. The third kappa shape index (κ3) is 3.37. The van der Waals surface area contributed by atoms with E-state index in [1.807, 2.05) is 0 Å². The molecule has 0 aliphatic heterocycles. The Morgan fingerprint density at radius 2 is 2.10 bits per heavy atom. The molecule has 2 rings (SSSR count). The minimum Gasteiger partial charge on any atom is -0.477 e. The first kappa shape index (κ1) is 15.0. The average molecular weight is 297 g/mol. The number of rotatable bonds is 7. The SMILES string of the molecule is COCCC1(CNC(=O)c2ccc(C(=O)O)s2)CCC1. The van der Waals surface area contributed by atoms with Crippen LogP contribution in [0.5, 0.6) is 0 Å². The highest BCUT2D eigenvalue weighted by Gasteiger charge is 2.36. The molecule has 110 valence electrons. The lowest BCUT2D eigenvalue weighted by molar-refractivity contribution is 0.0633. The number of hydrogen-bond acceptors (Lipinski definition) is 4. The van der Waals surface area contributed by atoms with Gasteiger partial charge in [-0.2, -0.15) is 0 Å². The summed E-state index contributed by atoms with van der Waals surface area (Å²) < 4.78 is 5.12. The minimum absolute atomic E-state index is 0.165. The van der Waals surface area contributed by atoms with E-state index in [9.17, 15) is 9.59 Å². The molecule has 1 aromatic heterocycles. The topological polar surface area (TPSA) is 75.6 Å². The summed E-state index contributed by atoms with van der Waals surface area (Å²) in [7, 11) is 1.68. The van der Waals surface area contributed by atoms with Crippen molar-refractivity contribution in [3.05, 3.63) is 21.9 Å². The monoisotopic (exact) mass is 297 g/mol. The molecule has 20 heavy (non-hydrogen) atoms. The van der Waals surface area contributed by atoms with Crippen LogP contribution in [0.15, 0.2) is 12.1 Å². The van der Waals surface area contributed by atoms with Crippen LogP contribution in [0.4, 0.5) is 0 Å². The number of carbonyl (C=O) groups is 2. The molecule has 1 aliphatic rings. The fourth-order valence-corrected chi connectivity index (χ4v) is 3.20. The summed E-state index contributed by atoms with van der Waals surface area (Å²) in [6.07, 6.45) is 4.37. The van der Waals surface area contributed by atoms with Gasteiger partial charge in [-0.3, -0.25) is 4.79 Å². The highest BCUT2D eigenvalue weighted by Crippen LogP contribution is 2.43. The van der Waals surface area contributed by atoms with Crippen molar-refractivity contribution < 1.29 is 19.4 Å². The molecular weight excluding hydrogens is 278 g/mol. The van der Waals surface area contributed by atoms with Crippen LogP contribution in [0.3, 0.4) is 0 Å². The van der Waals surface area contributed by atoms with Crippen molar-refractivity contribution in [2.24, 2.45) is 5.41 Å². The summed E-state index contributed by atoms with van der Waals surface area (Å²) in [4.78, 5) is 23.4. The molecule has 1 saturated carbocycles. The molecule has 1 fully saturated rings. The van der Waals surface area contributed by atoms with Gasteiger partial charge in [0.1, 0.15) is 4.88 Å². The number of methoxy groups -OCH3 is 1. The molecule has 0 saturated heterocycles. The van der Waals surface area contributed by atoms with Crippen molar-refractivity contribution in [1.29, 1.82) is 0 Å². The molecule has 6 heteroatoms. The molecule has 1 aromatic rings. The molecule has 0 bridgehead atoms. The molecule has 1 aliphatic carbocycles. The molecule has 1 amide bonds. The summed E-state index contributed by atoms with van der Waals surface area (Å²) in [6, 6.07) is 3.03. The predicted octanol–water partition coefficient (Wildman–Crippen LogP) is 2.38. The van der Waals surface area contributed by atoms with E-state index in [2.05, 4.69) is 5.32 Å². The van der Waals surface area contributed by atoms with Gasteiger partial charge in [0.15, 0.2) is 0 Å². The number of ether oxygens (including phenoxy) is 1. The first-order chi connectivity index (χ1) is 9.56. The van der Waals surface area contributed by atoms with Crippen LogP contribution in [-0.2, 0) is 4.74 Å². The lowest BCUT2D eigenvalue weighted by atomic mass is 9.67. The number of amides is 1. The molecule has 0 spiro atoms. The highest BCUT2D eigenvalue weighted by molar-refractivity contribution is 7.15. The lowest BCUT2D eigenvalue weighted by Crippen LogP contribution is -2.42. The molecule has 5 nitrogen and oxygen atoms in total. The minimum atomic E-state index is -0.996. The number of carbonyl (C=O) groups excluding carboxylic acids is 1. The Labute approximate surface area is 121 Å². The number of aromatic carboxylic acids is 1. The molecule has 1 heterocycles. The number of hydrogen-bond donors (Lipinski definition) is 2. The third-order valence-electron chi connectivity index (χ3n) is 3.92. The van der Waals surface area contributed by atoms with Gasteiger partial charge in [0.25, 0.3) is 5.91 Å². The first-order valence-electron chi connectivity index (χ1n) is 6.67. The first-order valence-corrected chi connectivity index (χ1v) is 7.48. The van der Waals surface area contributed by atoms with Crippen molar-refractivity contribution in [2.45, 2.75) is 25.7 Å². The van der Waals surface area contributed by atoms with E-state index in [-0.39, 0.29) is 16.2 Å². The van der Waals surface area contributed by atoms with Crippen molar-refractivity contribution in [2.75, 3.05) is 20.3 Å². The summed E-state index contributed by atoms with van der Waals surface area (Å²) >= 11 is 1.01. The number of thiophene rings is 1. The van der Waals surface area contributed by atoms with Gasteiger partial charge in [0, 0.05) is 20.3 Å². The van der Waals surface area contributed by atoms with E-state index >= 15 is 0 Å². The van der Waals surface area contributed by atoms with Gasteiger partial charge < -0.3 is 15.2 Å². The van der Waals surface area contributed by atoms with E-state index in [0.717, 1.165) is 30.6 Å². The zero-order chi connectivity index (χ0) is 14.6. The zero-order valence-electron chi connectivity index (χ0n) is 11.5. The van der Waals surface area contributed by atoms with Gasteiger partial charge >= 0.3 is 5.97 Å². The van der Waals surface area contributed by atoms with Crippen molar-refractivity contribution in [1.82, 2.24) is 5.32 Å². The molecule has 2 N–H and O–H groups in total. The van der Waals surface area contributed by atoms with E-state index < -0.39 is 5.97 Å². The Bertz CT molecular complexity index is 493. The largest absolute Gasteiger partial charge is 0.477 e. The van der Waals surface area contributed by atoms with Gasteiger partial charge in [0.05, 0.1) is 4.88 Å². The van der Waals surface area contributed by atoms with E-state index in [0.29, 0.717) is 18.0 Å². The van der Waals surface area contributed by atoms with Crippen LogP contribution in [0, 0.1) is 5.41 Å². The van der Waals surface area contributed by atoms with Gasteiger partial charge in [0.2, 0.25) is 0 Å². The molecule has 0 atom stereocenters. The number of nitrogens with one attached hydrogen (secondary N) is 1. The van der Waals surface area contributed by atoms with Crippen molar-refractivity contribution in [3.8, 4) is 0 Å². The fourth-order valence-electron chi connectivity index (χ4n) is 2.44. The van der Waals surface area contributed by atoms with Gasteiger partial charge in [-0.15, -0.1) is 11.3 Å². The van der Waals surface area contributed by atoms with Crippen LogP contribution in [0.2, 0.25) is 0 Å². The standard InChI is InChI=1S/C14H19NO4S/c1-19-8-7-14(5-2-6-14)9-15-12(16)10-3-4-11(20-10)13(17)18/h3-4H,2,5-9H2,1H3,(H,15,16)(H,17,18). The summed E-state index contributed by atoms with van der Waals surface area (Å²) in [5.41, 5.74) is 0.165. The van der Waals surface area contributed by atoms with Gasteiger partial charge in [-0.25, -0.2) is 4.79 Å². The maximum Gasteiger partial charge on any atom is 0.345 e. The second-order valence-corrected chi connectivity index (χ2v) is 6.33. The van der Waals surface area contributed by atoms with Crippen LogP contribution in [0.1, 0.15) is 45.0 Å². The zero-order valence-corrected chi connectivity index (χ0v) is 12.3. The van der Waals surface area contributed by atoms with Gasteiger partial charge in [-0.1, -0.05) is 6.42 Å². The Hall–Kier alpha value is -1.40. The molecule has 0 unspecified atom stereocenters. The van der Waals surface area contributed by atoms with E-state index in [1.165, 1.54) is 12.5 Å². The van der Waals surface area contributed by atoms with E-state index in [4.69, 9.17) is 9.84 Å². The second kappa shape index (κ2) is 6.37. The second-order valence-electron chi connectivity index (χ2n) is 5.25. The van der Waals surface area contributed by atoms with Crippen LogP contribution in [-0.4, -0.2) is 37.2 Å². The summed E-state index contributed by atoms with van der Waals surface area (Å²) in [5.74, 6) is -1.18. The third-order valence-corrected chi connectivity index (χ3v) is 4.99. The van der Waals surface area contributed by atoms with Gasteiger partial charge in [-0.05, 0) is 36.8 Å². The fraction of sp³-hybridized carbons (Fsp3) is 0.571. The number of carboxylic acids is 1. The maximum atomic E-state index is 12.0. The van der Waals surface area contributed by atoms with Crippen molar-refractivity contribution in [3.63, 3.8) is 0 Å². The van der Waals surface area contributed by atoms with Crippen LogP contribution in [0.25, 0.3) is 0 Å². The molecular formula is C14H19NO4S. The number of carboxylic acid groups (broad SMARTS) is 1. The smallest absolute Gasteiger partial charge is 0.345 e.